The molecule has 0 fully saturated rings. The Labute approximate surface area is 140 Å². The van der Waals surface area contributed by atoms with Crippen molar-refractivity contribution in [3.05, 3.63) is 35.7 Å². The molecule has 1 aromatic carbocycles. The molecule has 0 spiro atoms. The molecule has 7 nitrogen and oxygen atoms in total. The molecule has 2 aromatic rings. The smallest absolute Gasteiger partial charge is 0.252 e. The average molecular weight is 327 g/mol. The third-order valence-corrected chi connectivity index (χ3v) is 4.06. The van der Waals surface area contributed by atoms with Gasteiger partial charge >= 0.3 is 0 Å². The van der Waals surface area contributed by atoms with E-state index in [9.17, 15) is 9.59 Å². The Morgan fingerprint density at radius 3 is 2.67 bits per heavy atom. The summed E-state index contributed by atoms with van der Waals surface area (Å²) in [7, 11) is 0. The second-order valence-electron chi connectivity index (χ2n) is 6.18. The van der Waals surface area contributed by atoms with Crippen LogP contribution in [-0.4, -0.2) is 26.6 Å². The molecular weight excluding hydrogens is 306 g/mol. The molecular formula is C17H21N5O2. The largest absolute Gasteiger partial charge is 0.326 e. The highest BCUT2D eigenvalue weighted by Crippen LogP contribution is 2.25. The molecule has 126 valence electrons. The van der Waals surface area contributed by atoms with Crippen molar-refractivity contribution in [1.82, 2.24) is 14.8 Å². The van der Waals surface area contributed by atoms with E-state index >= 15 is 0 Å². The van der Waals surface area contributed by atoms with Gasteiger partial charge < -0.3 is 5.32 Å². The standard InChI is InChI=1S/C17H21N5O2/c1-4-14-19-17-20-16(24)13(22(17)21-14)9-15(23)18-12-7-5-11(6-8-12)10(2)3/h5-8,10,13H,4,9H2,1-3H3,(H,18,23)(H,19,20,21,24)/t13-/m0/s1. The van der Waals surface area contributed by atoms with E-state index in [1.807, 2.05) is 31.2 Å². The van der Waals surface area contributed by atoms with E-state index in [0.29, 0.717) is 24.1 Å². The first-order valence-corrected chi connectivity index (χ1v) is 8.14. The highest BCUT2D eigenvalue weighted by atomic mass is 16.2. The van der Waals surface area contributed by atoms with Crippen molar-refractivity contribution in [3.8, 4) is 0 Å². The fourth-order valence-corrected chi connectivity index (χ4v) is 2.64. The van der Waals surface area contributed by atoms with Gasteiger partial charge in [0.1, 0.15) is 6.04 Å². The number of anilines is 2. The molecule has 0 aliphatic carbocycles. The predicted octanol–water partition coefficient (Wildman–Crippen LogP) is 2.49. The minimum Gasteiger partial charge on any atom is -0.326 e. The number of carbonyl (C=O) groups is 2. The van der Waals surface area contributed by atoms with Crippen molar-refractivity contribution in [2.75, 3.05) is 10.6 Å². The number of aromatic nitrogens is 3. The van der Waals surface area contributed by atoms with Crippen molar-refractivity contribution >= 4 is 23.5 Å². The number of hydrogen-bond acceptors (Lipinski definition) is 4. The highest BCUT2D eigenvalue weighted by Gasteiger charge is 2.34. The summed E-state index contributed by atoms with van der Waals surface area (Å²) in [5.74, 6) is 1.03. The molecule has 0 saturated heterocycles. The van der Waals surface area contributed by atoms with Crippen LogP contribution in [0.15, 0.2) is 24.3 Å². The third-order valence-electron chi connectivity index (χ3n) is 4.06. The van der Waals surface area contributed by atoms with Gasteiger partial charge in [0.25, 0.3) is 5.91 Å². The summed E-state index contributed by atoms with van der Waals surface area (Å²) < 4.78 is 1.50. The van der Waals surface area contributed by atoms with Gasteiger partial charge in [-0.05, 0) is 23.6 Å². The van der Waals surface area contributed by atoms with Gasteiger partial charge in [0, 0.05) is 12.1 Å². The van der Waals surface area contributed by atoms with E-state index in [1.165, 1.54) is 10.2 Å². The van der Waals surface area contributed by atoms with Crippen LogP contribution in [-0.2, 0) is 16.0 Å². The average Bonchev–Trinajstić information content (AvgIpc) is 3.06. The number of hydrogen-bond donors (Lipinski definition) is 2. The van der Waals surface area contributed by atoms with Crippen LogP contribution in [0.4, 0.5) is 11.6 Å². The van der Waals surface area contributed by atoms with Crippen LogP contribution >= 0.6 is 0 Å². The lowest BCUT2D eigenvalue weighted by Crippen LogP contribution is -2.24. The molecule has 7 heteroatoms. The Bertz CT molecular complexity index is 764. The summed E-state index contributed by atoms with van der Waals surface area (Å²) in [4.78, 5) is 28.5. The lowest BCUT2D eigenvalue weighted by molar-refractivity contribution is -0.123. The number of carbonyl (C=O) groups excluding carboxylic acids is 2. The van der Waals surface area contributed by atoms with Crippen LogP contribution in [0.2, 0.25) is 0 Å². The lowest BCUT2D eigenvalue weighted by atomic mass is 10.0. The molecule has 1 aliphatic heterocycles. The van der Waals surface area contributed by atoms with Crippen molar-refractivity contribution in [2.24, 2.45) is 0 Å². The summed E-state index contributed by atoms with van der Waals surface area (Å²) >= 11 is 0. The molecule has 1 aliphatic rings. The second-order valence-corrected chi connectivity index (χ2v) is 6.18. The van der Waals surface area contributed by atoms with Gasteiger partial charge in [0.15, 0.2) is 5.82 Å². The number of aryl methyl sites for hydroxylation is 1. The van der Waals surface area contributed by atoms with E-state index in [4.69, 9.17) is 0 Å². The first-order valence-electron chi connectivity index (χ1n) is 8.14. The fraction of sp³-hybridized carbons (Fsp3) is 0.412. The van der Waals surface area contributed by atoms with E-state index < -0.39 is 6.04 Å². The maximum Gasteiger partial charge on any atom is 0.252 e. The van der Waals surface area contributed by atoms with Gasteiger partial charge in [0.05, 0.1) is 6.42 Å². The summed E-state index contributed by atoms with van der Waals surface area (Å²) in [5.41, 5.74) is 1.93. The molecule has 0 unspecified atom stereocenters. The Balaban J connectivity index is 1.67. The van der Waals surface area contributed by atoms with Gasteiger partial charge in [-0.25, -0.2) is 4.68 Å². The minimum absolute atomic E-state index is 0.0251. The predicted molar refractivity (Wildman–Crippen MR) is 90.8 cm³/mol. The summed E-state index contributed by atoms with van der Waals surface area (Å²) in [6.45, 7) is 6.18. The first kappa shape index (κ1) is 16.2. The molecule has 2 heterocycles. The zero-order chi connectivity index (χ0) is 17.3. The van der Waals surface area contributed by atoms with Gasteiger partial charge in [-0.3, -0.25) is 14.9 Å². The van der Waals surface area contributed by atoms with Crippen LogP contribution in [0.25, 0.3) is 0 Å². The number of benzene rings is 1. The number of rotatable bonds is 5. The van der Waals surface area contributed by atoms with Gasteiger partial charge in [0.2, 0.25) is 11.9 Å². The number of nitrogens with one attached hydrogen (secondary N) is 2. The zero-order valence-corrected chi connectivity index (χ0v) is 14.0. The fourth-order valence-electron chi connectivity index (χ4n) is 2.64. The number of nitrogens with zero attached hydrogens (tertiary/aromatic N) is 3. The summed E-state index contributed by atoms with van der Waals surface area (Å²) in [6, 6.07) is 7.08. The van der Waals surface area contributed by atoms with Crippen LogP contribution in [0, 0.1) is 0 Å². The SMILES string of the molecule is CCc1nc2n(n1)[C@@H](CC(=O)Nc1ccc(C(C)C)cc1)C(=O)N2. The monoisotopic (exact) mass is 327 g/mol. The normalized spacial score (nSPS) is 16.2. The molecule has 0 bridgehead atoms. The van der Waals surface area contributed by atoms with Crippen LogP contribution < -0.4 is 10.6 Å². The number of fused-ring (bicyclic) bond motifs is 1. The van der Waals surface area contributed by atoms with Gasteiger partial charge in [-0.2, -0.15) is 10.1 Å². The minimum atomic E-state index is -0.650. The van der Waals surface area contributed by atoms with E-state index in [1.54, 1.807) is 0 Å². The molecule has 0 radical (unpaired) electrons. The summed E-state index contributed by atoms with van der Waals surface area (Å²) in [6.07, 6.45) is 0.703. The maximum absolute atomic E-state index is 12.3. The second kappa shape index (κ2) is 6.43. The Morgan fingerprint density at radius 1 is 1.33 bits per heavy atom. The van der Waals surface area contributed by atoms with Crippen LogP contribution in [0.5, 0.6) is 0 Å². The Morgan fingerprint density at radius 2 is 2.04 bits per heavy atom. The molecule has 2 N–H and O–H groups in total. The molecule has 1 aromatic heterocycles. The summed E-state index contributed by atoms with van der Waals surface area (Å²) in [5, 5.41) is 9.76. The van der Waals surface area contributed by atoms with Gasteiger partial charge in [-0.15, -0.1) is 0 Å². The quantitative estimate of drug-likeness (QED) is 0.883. The third kappa shape index (κ3) is 3.15. The van der Waals surface area contributed by atoms with E-state index in [2.05, 4.69) is 34.6 Å². The molecule has 24 heavy (non-hydrogen) atoms. The maximum atomic E-state index is 12.3. The van der Waals surface area contributed by atoms with Crippen molar-refractivity contribution in [1.29, 1.82) is 0 Å². The Kier molecular flexibility index (Phi) is 4.33. The van der Waals surface area contributed by atoms with E-state index in [-0.39, 0.29) is 18.2 Å². The van der Waals surface area contributed by atoms with Crippen molar-refractivity contribution in [3.63, 3.8) is 0 Å². The molecule has 3 rings (SSSR count). The highest BCUT2D eigenvalue weighted by molar-refractivity contribution is 6.00. The van der Waals surface area contributed by atoms with Crippen molar-refractivity contribution < 1.29 is 9.59 Å². The van der Waals surface area contributed by atoms with Gasteiger partial charge in [-0.1, -0.05) is 32.9 Å². The van der Waals surface area contributed by atoms with Crippen LogP contribution in [0.3, 0.4) is 0 Å². The zero-order valence-electron chi connectivity index (χ0n) is 14.0. The Hall–Kier alpha value is -2.70. The molecule has 1 atom stereocenters. The van der Waals surface area contributed by atoms with Crippen LogP contribution in [0.1, 0.15) is 50.5 Å². The lowest BCUT2D eigenvalue weighted by Gasteiger charge is -2.11. The van der Waals surface area contributed by atoms with Crippen molar-refractivity contribution in [2.45, 2.75) is 45.6 Å². The molecule has 2 amide bonds. The number of amides is 2. The topological polar surface area (TPSA) is 88.9 Å². The molecule has 0 saturated carbocycles. The first-order chi connectivity index (χ1) is 11.5. The van der Waals surface area contributed by atoms with E-state index in [0.717, 1.165) is 5.69 Å².